The Morgan fingerprint density at radius 1 is 0.832 bits per heavy atom. The molecule has 12 rings (SSSR count). The molecule has 3 aromatic heterocycles. The number of thiazole rings is 1. The number of nitrogens with zero attached hydrogens (tertiary/aromatic N) is 6. The van der Waals surface area contributed by atoms with Crippen molar-refractivity contribution in [1.29, 1.82) is 0 Å². The Morgan fingerprint density at radius 2 is 1.61 bits per heavy atom. The number of aliphatic hydroxyl groups excluding tert-OH is 3. The molecule has 3 amide bonds. The lowest BCUT2D eigenvalue weighted by Crippen LogP contribution is -2.64. The smallest absolute Gasteiger partial charge is 0.410 e. The van der Waals surface area contributed by atoms with Gasteiger partial charge in [0.1, 0.15) is 54.6 Å². The number of carbonyl (C=O) groups is 5. The molecule has 27 nitrogen and oxygen atoms in total. The molecule has 0 spiro atoms. The molecule has 4 saturated carbocycles. The number of aromatic nitrogens is 4. The van der Waals surface area contributed by atoms with Crippen LogP contribution < -0.4 is 35.5 Å². The van der Waals surface area contributed by atoms with Crippen molar-refractivity contribution >= 4 is 62.3 Å². The minimum absolute atomic E-state index is 0.00904. The number of nitrogens with one attached hydrogen (secondary N) is 2. The van der Waals surface area contributed by atoms with Gasteiger partial charge in [-0.25, -0.2) is 24.4 Å². The van der Waals surface area contributed by atoms with Crippen LogP contribution >= 0.6 is 11.3 Å². The Hall–Kier alpha value is -8.06. The average Bonchev–Trinajstić information content (AvgIpc) is 1.44. The number of nitrogens with two attached hydrogens (primary N) is 1. The van der Waals surface area contributed by atoms with Crippen molar-refractivity contribution in [2.24, 2.45) is 22.0 Å². The van der Waals surface area contributed by atoms with E-state index in [0.29, 0.717) is 58.5 Å². The van der Waals surface area contributed by atoms with Crippen molar-refractivity contribution in [2.45, 2.75) is 128 Å². The SMILES string of the molecule is COCCN(CCOC12CC3(C)CC(C)(CC(Cn4ncc(-c5ccc(N6CCc7c(OC)ccc(C(=O)Nc8nc9ccccc9s8)c7C6)nc5C(=O)O)c4C)(C3)C1)C2)C(=O)OCc1ccc(O[C@@H]2O[C@H](C(=O)O)[C@@H](O)[C@H](O)[C@H]2O)cc1OCCOCCNC(=O)CCN. The van der Waals surface area contributed by atoms with Gasteiger partial charge in [0, 0.05) is 98.9 Å². The van der Waals surface area contributed by atoms with Gasteiger partial charge < -0.3 is 84.3 Å². The predicted molar refractivity (Wildman–Crippen MR) is 346 cm³/mol. The van der Waals surface area contributed by atoms with Crippen LogP contribution in [0.1, 0.15) is 102 Å². The van der Waals surface area contributed by atoms with Crippen molar-refractivity contribution in [3.63, 3.8) is 0 Å². The number of benzene rings is 3. The summed E-state index contributed by atoms with van der Waals surface area (Å²) in [5.41, 5.74) is 9.70. The van der Waals surface area contributed by atoms with E-state index in [1.807, 2.05) is 46.8 Å². The van der Waals surface area contributed by atoms with Crippen molar-refractivity contribution in [2.75, 3.05) is 90.2 Å². The normalized spacial score (nSPS) is 25.0. The summed E-state index contributed by atoms with van der Waals surface area (Å²) in [6.07, 6.45) is -2.11. The highest BCUT2D eigenvalue weighted by Crippen LogP contribution is 2.72. The number of ether oxygens (including phenoxy) is 8. The van der Waals surface area contributed by atoms with Crippen LogP contribution in [-0.4, -0.2) is 196 Å². The van der Waals surface area contributed by atoms with E-state index in [1.165, 1.54) is 35.5 Å². The van der Waals surface area contributed by atoms with Crippen molar-refractivity contribution in [3.05, 3.63) is 107 Å². The number of carboxylic acid groups (broad SMARTS) is 2. The van der Waals surface area contributed by atoms with E-state index in [4.69, 9.17) is 53.7 Å². The summed E-state index contributed by atoms with van der Waals surface area (Å²) in [6.45, 7) is 9.22. The molecule has 2 unspecified atom stereocenters. The van der Waals surface area contributed by atoms with Gasteiger partial charge in [0.05, 0.1) is 55.6 Å². The van der Waals surface area contributed by atoms with Gasteiger partial charge in [0.25, 0.3) is 5.91 Å². The summed E-state index contributed by atoms with van der Waals surface area (Å²) in [5, 5.41) is 62.8. The van der Waals surface area contributed by atoms with Gasteiger partial charge in [-0.05, 0) is 122 Å². The van der Waals surface area contributed by atoms with Crippen LogP contribution in [0.4, 0.5) is 15.7 Å². The molecule has 9 N–H and O–H groups in total. The summed E-state index contributed by atoms with van der Waals surface area (Å²) in [5.74, 6) is -1.97. The average molecular weight is 1330 g/mol. The molecule has 95 heavy (non-hydrogen) atoms. The molecule has 2 aliphatic heterocycles. The molecule has 510 valence electrons. The number of aliphatic hydroxyl groups is 3. The third kappa shape index (κ3) is 15.1. The lowest BCUT2D eigenvalue weighted by molar-refractivity contribution is -0.271. The largest absolute Gasteiger partial charge is 0.496 e. The fourth-order valence-electron chi connectivity index (χ4n) is 15.7. The van der Waals surface area contributed by atoms with E-state index >= 15 is 0 Å². The number of rotatable bonds is 29. The van der Waals surface area contributed by atoms with Crippen molar-refractivity contribution in [1.82, 2.24) is 30.0 Å². The van der Waals surface area contributed by atoms with Gasteiger partial charge in [0.2, 0.25) is 12.2 Å². The van der Waals surface area contributed by atoms with E-state index in [-0.39, 0.29) is 124 Å². The molecule has 4 aliphatic carbocycles. The summed E-state index contributed by atoms with van der Waals surface area (Å²) < 4.78 is 50.0. The lowest BCUT2D eigenvalue weighted by Gasteiger charge is -2.69. The zero-order valence-corrected chi connectivity index (χ0v) is 54.7. The molecule has 4 bridgehead atoms. The predicted octanol–water partition coefficient (Wildman–Crippen LogP) is 5.94. The van der Waals surface area contributed by atoms with Crippen LogP contribution in [0.5, 0.6) is 17.2 Å². The maximum Gasteiger partial charge on any atom is 0.410 e. The Morgan fingerprint density at radius 3 is 2.35 bits per heavy atom. The number of anilines is 2. The number of aromatic carboxylic acids is 1. The molecule has 5 heterocycles. The summed E-state index contributed by atoms with van der Waals surface area (Å²) in [7, 11) is 3.14. The fraction of sp³-hybridized carbons (Fsp3) is 0.522. The number of methoxy groups -OCH3 is 2. The second-order valence-corrected chi connectivity index (χ2v) is 27.3. The van der Waals surface area contributed by atoms with Gasteiger partial charge in [-0.2, -0.15) is 5.10 Å². The first-order chi connectivity index (χ1) is 45.5. The number of amides is 3. The van der Waals surface area contributed by atoms with Crippen LogP contribution in [0.2, 0.25) is 0 Å². The Labute approximate surface area is 552 Å². The third-order valence-electron chi connectivity index (χ3n) is 18.8. The number of hydrogen-bond donors (Lipinski definition) is 8. The first-order valence-electron chi connectivity index (χ1n) is 31.9. The zero-order chi connectivity index (χ0) is 67.4. The number of carbonyl (C=O) groups excluding carboxylic acids is 3. The number of hydrogen-bond acceptors (Lipinski definition) is 22. The van der Waals surface area contributed by atoms with Gasteiger partial charge in [-0.1, -0.05) is 37.3 Å². The summed E-state index contributed by atoms with van der Waals surface area (Å²) in [6, 6.07) is 19.3. The van der Waals surface area contributed by atoms with Crippen molar-refractivity contribution in [3.8, 4) is 28.4 Å². The minimum Gasteiger partial charge on any atom is -0.496 e. The van der Waals surface area contributed by atoms with Gasteiger partial charge in [-0.15, -0.1) is 0 Å². The highest BCUT2D eigenvalue weighted by atomic mass is 32.1. The van der Waals surface area contributed by atoms with E-state index < -0.39 is 54.3 Å². The Bertz CT molecular complexity index is 3760. The lowest BCUT2D eigenvalue weighted by atomic mass is 9.39. The molecule has 5 fully saturated rings. The minimum atomic E-state index is -1.93. The van der Waals surface area contributed by atoms with E-state index in [9.17, 15) is 49.5 Å². The first-order valence-corrected chi connectivity index (χ1v) is 32.7. The highest BCUT2D eigenvalue weighted by Gasteiger charge is 2.66. The molecule has 1 saturated heterocycles. The maximum absolute atomic E-state index is 14.1. The third-order valence-corrected chi connectivity index (χ3v) is 19.7. The number of aliphatic carboxylic acids is 1. The molecular formula is C67H83N9O18S. The first kappa shape index (κ1) is 68.3. The van der Waals surface area contributed by atoms with Gasteiger partial charge in [0.15, 0.2) is 16.9 Å². The molecule has 0 radical (unpaired) electrons. The fourth-order valence-corrected chi connectivity index (χ4v) is 16.6. The standard InChI is InChI=1S/C67H83N9O18S/c1-39-45(43-13-15-51(72-53(43)59(82)83)75-20-17-42-46(30-75)44(12-14-48(42)88-5)58(81)73-62-71-47-8-6-7-9-50(47)95-62)29-70-76(39)38-66-33-64(2)32-65(3,34-66)36-67(35-64,37-66)92-25-22-74(21-24-87-4)63(86)91-31-40-10-11-41(93-61-56(80)54(78)55(79)57(94-61)60(84)85)28-49(40)90-27-26-89-23-19-69-52(77)16-18-68/h6-15,28-29,54-57,61,78-80H,16-27,30-38,68H2,1-5H3,(H,69,77)(H,82,83)(H,84,85)(H,71,73,81)/t54-,55-,56+,57-,61+,64?,65?,66?,67?/m0/s1. The molecular weight excluding hydrogens is 1250 g/mol. The summed E-state index contributed by atoms with van der Waals surface area (Å²) in [4.78, 5) is 77.9. The van der Waals surface area contributed by atoms with Crippen LogP contribution in [0, 0.1) is 23.2 Å². The van der Waals surface area contributed by atoms with Crippen LogP contribution in [0.3, 0.4) is 0 Å². The number of carboxylic acids is 2. The molecule has 28 heteroatoms. The molecule has 6 aromatic rings. The van der Waals surface area contributed by atoms with Crippen LogP contribution in [-0.2, 0) is 59.4 Å². The van der Waals surface area contributed by atoms with Gasteiger partial charge >= 0.3 is 18.0 Å². The summed E-state index contributed by atoms with van der Waals surface area (Å²) >= 11 is 1.39. The zero-order valence-electron chi connectivity index (χ0n) is 53.9. The quantitative estimate of drug-likeness (QED) is 0.0252. The van der Waals surface area contributed by atoms with Crippen molar-refractivity contribution < 1.29 is 87.4 Å². The molecule has 6 aliphatic rings. The van der Waals surface area contributed by atoms with Crippen LogP contribution in [0.15, 0.2) is 72.9 Å². The van der Waals surface area contributed by atoms with Crippen LogP contribution in [0.25, 0.3) is 21.3 Å². The molecule has 7 atom stereocenters. The Kier molecular flexibility index (Phi) is 20.7. The number of fused-ring (bicyclic) bond motifs is 2. The maximum atomic E-state index is 14.1. The number of para-hydroxylation sites is 1. The van der Waals surface area contributed by atoms with E-state index in [1.54, 1.807) is 37.6 Å². The van der Waals surface area contributed by atoms with E-state index in [2.05, 4.69) is 29.5 Å². The van der Waals surface area contributed by atoms with Gasteiger partial charge in [-0.3, -0.25) is 19.6 Å². The topological polar surface area (TPSA) is 360 Å². The number of pyridine rings is 1. The second kappa shape index (κ2) is 28.7. The molecule has 3 aromatic carbocycles. The Balaban J connectivity index is 0.751. The van der Waals surface area contributed by atoms with E-state index in [0.717, 1.165) is 65.6 Å². The highest BCUT2D eigenvalue weighted by molar-refractivity contribution is 7.22. The second-order valence-electron chi connectivity index (χ2n) is 26.3. The monoisotopic (exact) mass is 1330 g/mol.